The third-order valence-corrected chi connectivity index (χ3v) is 7.17. The highest BCUT2D eigenvalue weighted by molar-refractivity contribution is 6.30. The van der Waals surface area contributed by atoms with Crippen LogP contribution in [0.2, 0.25) is 5.02 Å². The molecule has 4 rings (SSSR count). The van der Waals surface area contributed by atoms with E-state index in [0.29, 0.717) is 22.0 Å². The zero-order valence-corrected chi connectivity index (χ0v) is 20.7. The lowest BCUT2D eigenvalue weighted by atomic mass is 9.55. The molecule has 0 spiro atoms. The minimum atomic E-state index is -0.885. The van der Waals surface area contributed by atoms with Crippen LogP contribution in [-0.2, 0) is 10.2 Å². The van der Waals surface area contributed by atoms with Gasteiger partial charge >= 0.3 is 6.03 Å². The van der Waals surface area contributed by atoms with E-state index in [4.69, 9.17) is 17.3 Å². The molecule has 1 aliphatic carbocycles. The van der Waals surface area contributed by atoms with Crippen molar-refractivity contribution in [3.05, 3.63) is 95.0 Å². The standard InChI is InChI=1S/C28H31ClN4O2/c1-27(2,30)28(17-6-18-28)20-9-13-22(14-10-20)31-25(34)24(19-7-4-3-5-8-19)33-26(35)32-23-15-11-21(29)12-16-23/h3-5,7-16,24H,6,17-18,30H2,1-2H3,(H,31,34)(H2,32,33,35). The molecule has 182 valence electrons. The summed E-state index contributed by atoms with van der Waals surface area (Å²) in [6, 6.07) is 22.4. The van der Waals surface area contributed by atoms with Gasteiger partial charge in [0.25, 0.3) is 5.91 Å². The van der Waals surface area contributed by atoms with Crippen molar-refractivity contribution in [2.45, 2.75) is 50.1 Å². The van der Waals surface area contributed by atoms with Gasteiger partial charge in [-0.05, 0) is 74.2 Å². The first-order valence-corrected chi connectivity index (χ1v) is 12.1. The Balaban J connectivity index is 1.48. The van der Waals surface area contributed by atoms with Crippen LogP contribution in [0.3, 0.4) is 0 Å². The van der Waals surface area contributed by atoms with E-state index in [1.54, 1.807) is 36.4 Å². The first kappa shape index (κ1) is 24.8. The van der Waals surface area contributed by atoms with Crippen LogP contribution in [0.5, 0.6) is 0 Å². The number of nitrogens with one attached hydrogen (secondary N) is 3. The number of carbonyl (C=O) groups is 2. The van der Waals surface area contributed by atoms with Gasteiger partial charge in [0.1, 0.15) is 6.04 Å². The van der Waals surface area contributed by atoms with E-state index >= 15 is 0 Å². The largest absolute Gasteiger partial charge is 0.325 e. The van der Waals surface area contributed by atoms with Crippen molar-refractivity contribution in [3.63, 3.8) is 0 Å². The van der Waals surface area contributed by atoms with Gasteiger partial charge in [0, 0.05) is 27.4 Å². The molecule has 6 nitrogen and oxygen atoms in total. The Morgan fingerprint density at radius 3 is 2.00 bits per heavy atom. The van der Waals surface area contributed by atoms with Gasteiger partial charge in [0.15, 0.2) is 0 Å². The Hall–Kier alpha value is -3.35. The number of urea groups is 1. The third kappa shape index (κ3) is 5.50. The van der Waals surface area contributed by atoms with Crippen LogP contribution in [0.1, 0.15) is 50.3 Å². The first-order chi connectivity index (χ1) is 16.7. The zero-order valence-electron chi connectivity index (χ0n) is 20.0. The van der Waals surface area contributed by atoms with E-state index in [0.717, 1.165) is 12.8 Å². The number of amides is 3. The van der Waals surface area contributed by atoms with Gasteiger partial charge in [-0.15, -0.1) is 0 Å². The molecule has 0 bridgehead atoms. The second-order valence-electron chi connectivity index (χ2n) is 9.67. The van der Waals surface area contributed by atoms with Gasteiger partial charge in [-0.2, -0.15) is 0 Å². The van der Waals surface area contributed by atoms with E-state index in [1.807, 2.05) is 42.5 Å². The van der Waals surface area contributed by atoms with Crippen LogP contribution in [0, 0.1) is 0 Å². The minimum Gasteiger partial charge on any atom is -0.325 e. The molecule has 1 unspecified atom stereocenters. The van der Waals surface area contributed by atoms with Crippen molar-refractivity contribution in [2.24, 2.45) is 5.73 Å². The van der Waals surface area contributed by atoms with Crippen LogP contribution < -0.4 is 21.7 Å². The lowest BCUT2D eigenvalue weighted by Crippen LogP contribution is -2.57. The molecule has 0 heterocycles. The molecule has 0 saturated heterocycles. The van der Waals surface area contributed by atoms with Crippen molar-refractivity contribution >= 4 is 34.9 Å². The molecule has 7 heteroatoms. The molecule has 3 aromatic rings. The fourth-order valence-corrected chi connectivity index (χ4v) is 4.83. The lowest BCUT2D eigenvalue weighted by molar-refractivity contribution is -0.118. The molecule has 35 heavy (non-hydrogen) atoms. The fourth-order valence-electron chi connectivity index (χ4n) is 4.70. The van der Waals surface area contributed by atoms with Crippen molar-refractivity contribution in [1.82, 2.24) is 5.32 Å². The predicted molar refractivity (Wildman–Crippen MR) is 142 cm³/mol. The summed E-state index contributed by atoms with van der Waals surface area (Å²) in [5, 5.41) is 9.03. The average Bonchev–Trinajstić information content (AvgIpc) is 2.79. The van der Waals surface area contributed by atoms with Crippen LogP contribution >= 0.6 is 11.6 Å². The molecule has 3 amide bonds. The summed E-state index contributed by atoms with van der Waals surface area (Å²) in [4.78, 5) is 25.9. The Bertz CT molecular complexity index is 1170. The number of halogens is 1. The molecule has 5 N–H and O–H groups in total. The number of hydrogen-bond acceptors (Lipinski definition) is 3. The van der Waals surface area contributed by atoms with Crippen LogP contribution in [0.15, 0.2) is 78.9 Å². The Morgan fingerprint density at radius 1 is 0.886 bits per heavy atom. The Labute approximate surface area is 211 Å². The van der Waals surface area contributed by atoms with E-state index < -0.39 is 12.1 Å². The maximum absolute atomic E-state index is 13.3. The zero-order chi connectivity index (χ0) is 25.1. The van der Waals surface area contributed by atoms with E-state index in [1.165, 1.54) is 12.0 Å². The van der Waals surface area contributed by atoms with Gasteiger partial charge in [-0.1, -0.05) is 60.5 Å². The predicted octanol–water partition coefficient (Wildman–Crippen LogP) is 6.00. The summed E-state index contributed by atoms with van der Waals surface area (Å²) < 4.78 is 0. The second-order valence-corrected chi connectivity index (χ2v) is 10.1. The van der Waals surface area contributed by atoms with Gasteiger partial charge in [0.05, 0.1) is 0 Å². The summed E-state index contributed by atoms with van der Waals surface area (Å²) in [6.45, 7) is 4.15. The van der Waals surface area contributed by atoms with Crippen molar-refractivity contribution in [1.29, 1.82) is 0 Å². The summed E-state index contributed by atoms with van der Waals surface area (Å²) in [5.41, 5.74) is 9.24. The number of hydrogen-bond donors (Lipinski definition) is 4. The topological polar surface area (TPSA) is 96.2 Å². The van der Waals surface area contributed by atoms with E-state index in [9.17, 15) is 9.59 Å². The van der Waals surface area contributed by atoms with Crippen LogP contribution in [0.25, 0.3) is 0 Å². The van der Waals surface area contributed by atoms with Gasteiger partial charge < -0.3 is 21.7 Å². The SMILES string of the molecule is CC(C)(N)C1(c2ccc(NC(=O)C(NC(=O)Nc3ccc(Cl)cc3)c3ccccc3)cc2)CCC1. The molecule has 1 fully saturated rings. The maximum Gasteiger partial charge on any atom is 0.320 e. The molecule has 1 atom stereocenters. The molecule has 1 saturated carbocycles. The molecular formula is C28H31ClN4O2. The van der Waals surface area contributed by atoms with Crippen molar-refractivity contribution < 1.29 is 9.59 Å². The molecule has 1 aliphatic rings. The molecule has 0 aliphatic heterocycles. The van der Waals surface area contributed by atoms with Crippen molar-refractivity contribution in [2.75, 3.05) is 10.6 Å². The molecule has 0 radical (unpaired) electrons. The summed E-state index contributed by atoms with van der Waals surface area (Å²) >= 11 is 5.91. The van der Waals surface area contributed by atoms with E-state index in [-0.39, 0.29) is 16.9 Å². The van der Waals surface area contributed by atoms with Gasteiger partial charge in [-0.25, -0.2) is 4.79 Å². The molecule has 3 aromatic carbocycles. The third-order valence-electron chi connectivity index (χ3n) is 6.92. The quantitative estimate of drug-likeness (QED) is 0.327. The monoisotopic (exact) mass is 490 g/mol. The first-order valence-electron chi connectivity index (χ1n) is 11.8. The number of carbonyl (C=O) groups excluding carboxylic acids is 2. The number of benzene rings is 3. The second kappa shape index (κ2) is 10.1. The average molecular weight is 491 g/mol. The smallest absolute Gasteiger partial charge is 0.320 e. The number of anilines is 2. The highest BCUT2D eigenvalue weighted by Crippen LogP contribution is 2.50. The number of nitrogens with two attached hydrogens (primary N) is 1. The summed E-state index contributed by atoms with van der Waals surface area (Å²) in [5.74, 6) is -0.340. The summed E-state index contributed by atoms with van der Waals surface area (Å²) in [6.07, 6.45) is 3.29. The van der Waals surface area contributed by atoms with E-state index in [2.05, 4.69) is 29.8 Å². The van der Waals surface area contributed by atoms with Gasteiger partial charge in [0.2, 0.25) is 0 Å². The fraction of sp³-hybridized carbons (Fsp3) is 0.286. The van der Waals surface area contributed by atoms with Crippen LogP contribution in [0.4, 0.5) is 16.2 Å². The molecule has 0 aromatic heterocycles. The number of rotatable bonds is 7. The minimum absolute atomic E-state index is 0.0383. The van der Waals surface area contributed by atoms with Crippen molar-refractivity contribution in [3.8, 4) is 0 Å². The highest BCUT2D eigenvalue weighted by atomic mass is 35.5. The Morgan fingerprint density at radius 2 is 1.46 bits per heavy atom. The lowest BCUT2D eigenvalue weighted by Gasteiger charge is -2.52. The van der Waals surface area contributed by atoms with Crippen LogP contribution in [-0.4, -0.2) is 17.5 Å². The van der Waals surface area contributed by atoms with Gasteiger partial charge in [-0.3, -0.25) is 4.79 Å². The normalized spacial score (nSPS) is 15.4. The highest BCUT2D eigenvalue weighted by Gasteiger charge is 2.48. The Kier molecular flexibility index (Phi) is 7.15. The molecular weight excluding hydrogens is 460 g/mol. The maximum atomic E-state index is 13.3. The summed E-state index contributed by atoms with van der Waals surface area (Å²) in [7, 11) is 0.